The molecule has 0 fully saturated rings. The number of benzene rings is 11. The molecular formula is C60H38N2. The Morgan fingerprint density at radius 1 is 0.226 bits per heavy atom. The van der Waals surface area contributed by atoms with Crippen LogP contribution >= 0.6 is 0 Å². The van der Waals surface area contributed by atoms with Gasteiger partial charge in [0.1, 0.15) is 0 Å². The molecule has 12 aromatic rings. The summed E-state index contributed by atoms with van der Waals surface area (Å²) in [5.41, 5.74) is 11.9. The normalized spacial score (nSPS) is 11.5. The molecule has 0 saturated carbocycles. The minimum absolute atomic E-state index is 0.697. The van der Waals surface area contributed by atoms with Crippen molar-refractivity contribution in [1.82, 2.24) is 9.97 Å². The Bertz CT molecular complexity index is 3530. The molecular weight excluding hydrogens is 749 g/mol. The molecule has 1 aromatic heterocycles. The van der Waals surface area contributed by atoms with E-state index < -0.39 is 0 Å². The largest absolute Gasteiger partial charge is 0.228 e. The van der Waals surface area contributed by atoms with Gasteiger partial charge in [0.2, 0.25) is 0 Å². The van der Waals surface area contributed by atoms with Crippen LogP contribution in [-0.2, 0) is 0 Å². The van der Waals surface area contributed by atoms with Gasteiger partial charge in [-0.15, -0.1) is 0 Å². The Balaban J connectivity index is 1.12. The molecule has 0 aliphatic rings. The molecule has 12 rings (SSSR count). The van der Waals surface area contributed by atoms with Crippen molar-refractivity contribution in [2.45, 2.75) is 0 Å². The van der Waals surface area contributed by atoms with E-state index in [0.29, 0.717) is 5.82 Å². The van der Waals surface area contributed by atoms with Crippen LogP contribution in [0.1, 0.15) is 0 Å². The molecule has 0 aliphatic heterocycles. The molecule has 0 bridgehead atoms. The molecule has 2 heteroatoms. The second-order valence-electron chi connectivity index (χ2n) is 16.1. The Morgan fingerprint density at radius 2 is 0.677 bits per heavy atom. The maximum atomic E-state index is 5.52. The molecule has 62 heavy (non-hydrogen) atoms. The molecule has 0 unspecified atom stereocenters. The molecule has 1 heterocycles. The van der Waals surface area contributed by atoms with Crippen molar-refractivity contribution >= 4 is 53.9 Å². The zero-order valence-corrected chi connectivity index (χ0v) is 33.8. The third kappa shape index (κ3) is 6.12. The molecule has 2 nitrogen and oxygen atoms in total. The van der Waals surface area contributed by atoms with Gasteiger partial charge in [0.05, 0.1) is 11.4 Å². The number of hydrogen-bond donors (Lipinski definition) is 0. The van der Waals surface area contributed by atoms with E-state index in [2.05, 4.69) is 231 Å². The lowest BCUT2D eigenvalue weighted by molar-refractivity contribution is 1.19. The molecule has 0 spiro atoms. The summed E-state index contributed by atoms with van der Waals surface area (Å²) in [5, 5.41) is 12.1. The van der Waals surface area contributed by atoms with Crippen molar-refractivity contribution in [3.8, 4) is 67.3 Å². The van der Waals surface area contributed by atoms with Gasteiger partial charge in [-0.1, -0.05) is 200 Å². The first-order valence-corrected chi connectivity index (χ1v) is 21.2. The second kappa shape index (κ2) is 14.8. The van der Waals surface area contributed by atoms with E-state index in [4.69, 9.17) is 9.97 Å². The molecule has 288 valence electrons. The van der Waals surface area contributed by atoms with Crippen molar-refractivity contribution in [2.75, 3.05) is 0 Å². The van der Waals surface area contributed by atoms with E-state index in [0.717, 1.165) is 50.0 Å². The summed E-state index contributed by atoms with van der Waals surface area (Å²) in [4.78, 5) is 11.0. The predicted molar refractivity (Wildman–Crippen MR) is 262 cm³/mol. The van der Waals surface area contributed by atoms with Gasteiger partial charge in [-0.05, 0) is 118 Å². The summed E-state index contributed by atoms with van der Waals surface area (Å²) in [6, 6.07) is 83.0. The molecule has 0 saturated heterocycles. The zero-order valence-electron chi connectivity index (χ0n) is 33.8. The number of nitrogens with zero attached hydrogens (tertiary/aromatic N) is 2. The fraction of sp³-hybridized carbons (Fsp3) is 0. The summed E-state index contributed by atoms with van der Waals surface area (Å²) in [6.45, 7) is 0. The highest BCUT2D eigenvalue weighted by molar-refractivity contribution is 6.25. The number of rotatable bonds is 6. The smallest absolute Gasteiger partial charge is 0.161 e. The SMILES string of the molecule is c1ccc(-c2cccc(-c3cc(-c4cccc(-c5ccccc5)c4)nc(-c4c5ccccc5c(-c5cccc6c5ccc5cc7ccccc7cc56)c5ccccc45)n3)c2)cc1. The van der Waals surface area contributed by atoms with Gasteiger partial charge in [0, 0.05) is 16.7 Å². The van der Waals surface area contributed by atoms with Crippen molar-refractivity contribution in [3.05, 3.63) is 231 Å². The lowest BCUT2D eigenvalue weighted by Gasteiger charge is -2.19. The van der Waals surface area contributed by atoms with Crippen LogP contribution in [0.3, 0.4) is 0 Å². The van der Waals surface area contributed by atoms with E-state index in [1.807, 2.05) is 0 Å². The van der Waals surface area contributed by atoms with E-state index in [1.165, 1.54) is 65.3 Å². The highest BCUT2D eigenvalue weighted by atomic mass is 14.9. The van der Waals surface area contributed by atoms with Gasteiger partial charge in [0.25, 0.3) is 0 Å². The van der Waals surface area contributed by atoms with Gasteiger partial charge in [-0.2, -0.15) is 0 Å². The van der Waals surface area contributed by atoms with Gasteiger partial charge < -0.3 is 0 Å². The third-order valence-corrected chi connectivity index (χ3v) is 12.4. The minimum atomic E-state index is 0.697. The highest BCUT2D eigenvalue weighted by Gasteiger charge is 2.21. The molecule has 11 aromatic carbocycles. The molecule has 0 radical (unpaired) electrons. The first kappa shape index (κ1) is 35.7. The van der Waals surface area contributed by atoms with Gasteiger partial charge >= 0.3 is 0 Å². The summed E-state index contributed by atoms with van der Waals surface area (Å²) in [5.74, 6) is 0.697. The van der Waals surface area contributed by atoms with Crippen LogP contribution in [0.25, 0.3) is 121 Å². The lowest BCUT2D eigenvalue weighted by atomic mass is 9.85. The maximum absolute atomic E-state index is 5.52. The molecule has 0 aliphatic carbocycles. The minimum Gasteiger partial charge on any atom is -0.228 e. The number of aromatic nitrogens is 2. The predicted octanol–water partition coefficient (Wildman–Crippen LogP) is 16.2. The van der Waals surface area contributed by atoms with Crippen LogP contribution < -0.4 is 0 Å². The van der Waals surface area contributed by atoms with Crippen molar-refractivity contribution in [3.63, 3.8) is 0 Å². The van der Waals surface area contributed by atoms with Gasteiger partial charge in [-0.25, -0.2) is 9.97 Å². The summed E-state index contributed by atoms with van der Waals surface area (Å²) in [7, 11) is 0. The Labute approximate surface area is 360 Å². The number of fused-ring (bicyclic) bond motifs is 6. The molecule has 0 amide bonds. The fourth-order valence-corrected chi connectivity index (χ4v) is 9.49. The number of hydrogen-bond acceptors (Lipinski definition) is 2. The standard InChI is InChI=1S/C60H38N2/c1-3-16-39(17-4-1)41-22-13-24-46(35-41)56-38-57(47-25-14-23-42(36-47)40-18-5-2-6-19-40)62-60(61-56)59-53-28-11-9-26-51(53)58(52-27-10-12-29-54(52)59)50-31-15-30-48-49(50)33-32-45-34-43-20-7-8-21-44(43)37-55(45)48/h1-38H. The summed E-state index contributed by atoms with van der Waals surface area (Å²) >= 11 is 0. The highest BCUT2D eigenvalue weighted by Crippen LogP contribution is 2.46. The zero-order chi connectivity index (χ0) is 41.0. The quantitative estimate of drug-likeness (QED) is 0.124. The monoisotopic (exact) mass is 786 g/mol. The Hall–Kier alpha value is -8.20. The van der Waals surface area contributed by atoms with Crippen LogP contribution in [0.2, 0.25) is 0 Å². The van der Waals surface area contributed by atoms with Crippen LogP contribution in [0.4, 0.5) is 0 Å². The van der Waals surface area contributed by atoms with E-state index >= 15 is 0 Å². The fourth-order valence-electron chi connectivity index (χ4n) is 9.49. The Kier molecular flexibility index (Phi) is 8.53. The first-order valence-electron chi connectivity index (χ1n) is 21.2. The van der Waals surface area contributed by atoms with Gasteiger partial charge in [-0.3, -0.25) is 0 Å². The van der Waals surface area contributed by atoms with Crippen LogP contribution in [0, 0.1) is 0 Å². The third-order valence-electron chi connectivity index (χ3n) is 12.4. The topological polar surface area (TPSA) is 25.8 Å². The van der Waals surface area contributed by atoms with Crippen molar-refractivity contribution in [2.24, 2.45) is 0 Å². The Morgan fingerprint density at radius 3 is 1.26 bits per heavy atom. The lowest BCUT2D eigenvalue weighted by Crippen LogP contribution is -1.99. The van der Waals surface area contributed by atoms with E-state index in [-0.39, 0.29) is 0 Å². The van der Waals surface area contributed by atoms with Crippen LogP contribution in [0.5, 0.6) is 0 Å². The van der Waals surface area contributed by atoms with Gasteiger partial charge in [0.15, 0.2) is 5.82 Å². The van der Waals surface area contributed by atoms with E-state index in [9.17, 15) is 0 Å². The van der Waals surface area contributed by atoms with Crippen molar-refractivity contribution < 1.29 is 0 Å². The second-order valence-corrected chi connectivity index (χ2v) is 16.1. The van der Waals surface area contributed by atoms with Crippen LogP contribution in [0.15, 0.2) is 231 Å². The summed E-state index contributed by atoms with van der Waals surface area (Å²) < 4.78 is 0. The first-order chi connectivity index (χ1) is 30.7. The maximum Gasteiger partial charge on any atom is 0.161 e. The summed E-state index contributed by atoms with van der Waals surface area (Å²) in [6.07, 6.45) is 0. The molecule has 0 atom stereocenters. The van der Waals surface area contributed by atoms with Crippen LogP contribution in [-0.4, -0.2) is 9.97 Å². The van der Waals surface area contributed by atoms with Crippen molar-refractivity contribution in [1.29, 1.82) is 0 Å². The molecule has 0 N–H and O–H groups in total. The average molecular weight is 787 g/mol. The average Bonchev–Trinajstić information content (AvgIpc) is 3.35. The van der Waals surface area contributed by atoms with E-state index in [1.54, 1.807) is 0 Å².